The fourth-order valence-electron chi connectivity index (χ4n) is 3.69. The average Bonchev–Trinajstić information content (AvgIpc) is 3.12. The molecular formula is C20H29N5O. The van der Waals surface area contributed by atoms with Gasteiger partial charge in [0.1, 0.15) is 0 Å². The van der Waals surface area contributed by atoms with Crippen LogP contribution in [-0.4, -0.2) is 43.6 Å². The van der Waals surface area contributed by atoms with Gasteiger partial charge < -0.3 is 4.90 Å². The Kier molecular flexibility index (Phi) is 4.86. The van der Waals surface area contributed by atoms with Crippen molar-refractivity contribution in [3.05, 3.63) is 29.5 Å². The van der Waals surface area contributed by atoms with Gasteiger partial charge in [0.05, 0.1) is 23.3 Å². The van der Waals surface area contributed by atoms with E-state index in [-0.39, 0.29) is 11.3 Å². The molecule has 1 aliphatic heterocycles. The topological polar surface area (TPSA) is 63.9 Å². The molecule has 140 valence electrons. The molecule has 3 rings (SSSR count). The van der Waals surface area contributed by atoms with Crippen molar-refractivity contribution in [2.45, 2.75) is 47.5 Å². The van der Waals surface area contributed by atoms with E-state index in [1.54, 1.807) is 0 Å². The largest absolute Gasteiger partial charge is 0.342 e. The molecular weight excluding hydrogens is 326 g/mol. The van der Waals surface area contributed by atoms with E-state index in [1.165, 1.54) is 0 Å². The molecule has 0 saturated carbocycles. The van der Waals surface area contributed by atoms with Crippen LogP contribution in [0.25, 0.3) is 11.3 Å². The Morgan fingerprint density at radius 1 is 1.23 bits per heavy atom. The number of carbonyl (C=O) groups excluding carboxylic acids is 1. The van der Waals surface area contributed by atoms with E-state index in [9.17, 15) is 4.79 Å². The summed E-state index contributed by atoms with van der Waals surface area (Å²) in [5, 5.41) is 4.45. The molecule has 2 aromatic heterocycles. The lowest BCUT2D eigenvalue weighted by Crippen LogP contribution is -2.38. The second-order valence-corrected chi connectivity index (χ2v) is 8.42. The van der Waals surface area contributed by atoms with Crippen LogP contribution in [0, 0.1) is 25.2 Å². The van der Waals surface area contributed by atoms with Gasteiger partial charge in [-0.2, -0.15) is 5.10 Å². The van der Waals surface area contributed by atoms with E-state index in [0.717, 1.165) is 54.3 Å². The summed E-state index contributed by atoms with van der Waals surface area (Å²) in [6.07, 6.45) is 5.62. The summed E-state index contributed by atoms with van der Waals surface area (Å²) in [5.74, 6) is 0.701. The number of nitrogens with zero attached hydrogens (tertiary/aromatic N) is 5. The normalized spacial score (nSPS) is 17.8. The summed E-state index contributed by atoms with van der Waals surface area (Å²) in [4.78, 5) is 23.7. The number of likely N-dealkylation sites (tertiary alicyclic amines) is 1. The molecule has 1 atom stereocenters. The van der Waals surface area contributed by atoms with Gasteiger partial charge >= 0.3 is 0 Å². The first kappa shape index (κ1) is 18.5. The summed E-state index contributed by atoms with van der Waals surface area (Å²) in [6, 6.07) is 0. The molecule has 6 heteroatoms. The minimum Gasteiger partial charge on any atom is -0.342 e. The van der Waals surface area contributed by atoms with Crippen molar-refractivity contribution in [1.82, 2.24) is 24.6 Å². The predicted molar refractivity (Wildman–Crippen MR) is 102 cm³/mol. The molecule has 1 fully saturated rings. The first-order valence-electron chi connectivity index (χ1n) is 9.27. The fourth-order valence-corrected chi connectivity index (χ4v) is 3.69. The third-order valence-corrected chi connectivity index (χ3v) is 5.18. The molecule has 0 aliphatic carbocycles. The molecule has 1 aliphatic rings. The van der Waals surface area contributed by atoms with E-state index in [4.69, 9.17) is 0 Å². The van der Waals surface area contributed by atoms with Gasteiger partial charge in [-0.25, -0.2) is 0 Å². The van der Waals surface area contributed by atoms with E-state index < -0.39 is 0 Å². The SMILES string of the molecule is Cc1nn(C)c(C)c1-c1cnc(C[C@@H]2CCN(C(=O)C(C)(C)C)C2)cn1. The molecule has 0 radical (unpaired) electrons. The molecule has 0 spiro atoms. The maximum Gasteiger partial charge on any atom is 0.227 e. The van der Waals surface area contributed by atoms with Gasteiger partial charge in [-0.3, -0.25) is 19.4 Å². The van der Waals surface area contributed by atoms with Gasteiger partial charge in [0.2, 0.25) is 5.91 Å². The first-order chi connectivity index (χ1) is 12.2. The highest BCUT2D eigenvalue weighted by molar-refractivity contribution is 5.81. The fraction of sp³-hybridized carbons (Fsp3) is 0.600. The zero-order valence-electron chi connectivity index (χ0n) is 16.7. The van der Waals surface area contributed by atoms with E-state index in [2.05, 4.69) is 15.1 Å². The summed E-state index contributed by atoms with van der Waals surface area (Å²) in [5.41, 5.74) is 4.68. The van der Waals surface area contributed by atoms with Gasteiger partial charge in [0.15, 0.2) is 0 Å². The zero-order valence-corrected chi connectivity index (χ0v) is 16.7. The smallest absolute Gasteiger partial charge is 0.227 e. The maximum absolute atomic E-state index is 12.4. The quantitative estimate of drug-likeness (QED) is 0.849. The van der Waals surface area contributed by atoms with Crippen LogP contribution in [0.3, 0.4) is 0 Å². The lowest BCUT2D eigenvalue weighted by atomic mass is 9.95. The van der Waals surface area contributed by atoms with Crippen LogP contribution in [0.4, 0.5) is 0 Å². The standard InChI is InChI=1S/C20H29N5O/c1-13-18(14(2)24(6)23-13)17-11-21-16(10-22-17)9-15-7-8-25(12-15)19(26)20(3,4)5/h10-11,15H,7-9,12H2,1-6H3/t15-/m0/s1. The summed E-state index contributed by atoms with van der Waals surface area (Å²) >= 11 is 0. The van der Waals surface area contributed by atoms with Crippen LogP contribution in [0.5, 0.6) is 0 Å². The van der Waals surface area contributed by atoms with Crippen LogP contribution in [0.2, 0.25) is 0 Å². The van der Waals surface area contributed by atoms with Crippen LogP contribution < -0.4 is 0 Å². The van der Waals surface area contributed by atoms with Gasteiger partial charge in [-0.1, -0.05) is 20.8 Å². The Bertz CT molecular complexity index is 801. The van der Waals surface area contributed by atoms with Crippen molar-refractivity contribution in [3.8, 4) is 11.3 Å². The lowest BCUT2D eigenvalue weighted by Gasteiger charge is -2.25. The molecule has 26 heavy (non-hydrogen) atoms. The number of aryl methyl sites for hydroxylation is 2. The Hall–Kier alpha value is -2.24. The third kappa shape index (κ3) is 3.64. The number of hydrogen-bond donors (Lipinski definition) is 0. The minimum atomic E-state index is -0.310. The van der Waals surface area contributed by atoms with Crippen LogP contribution in [0.1, 0.15) is 44.3 Å². The van der Waals surface area contributed by atoms with Crippen molar-refractivity contribution in [2.24, 2.45) is 18.4 Å². The van der Waals surface area contributed by atoms with Crippen molar-refractivity contribution < 1.29 is 4.79 Å². The number of carbonyl (C=O) groups is 1. The lowest BCUT2D eigenvalue weighted by molar-refractivity contribution is -0.138. The number of hydrogen-bond acceptors (Lipinski definition) is 4. The van der Waals surface area contributed by atoms with Crippen molar-refractivity contribution >= 4 is 5.91 Å². The van der Waals surface area contributed by atoms with Crippen molar-refractivity contribution in [2.75, 3.05) is 13.1 Å². The van der Waals surface area contributed by atoms with Gasteiger partial charge in [-0.05, 0) is 32.6 Å². The first-order valence-corrected chi connectivity index (χ1v) is 9.27. The minimum absolute atomic E-state index is 0.240. The molecule has 2 aromatic rings. The van der Waals surface area contributed by atoms with Crippen LogP contribution >= 0.6 is 0 Å². The summed E-state index contributed by atoms with van der Waals surface area (Å²) in [7, 11) is 1.94. The highest BCUT2D eigenvalue weighted by Gasteiger charge is 2.32. The number of rotatable bonds is 3. The van der Waals surface area contributed by atoms with Gasteiger partial charge in [0, 0.05) is 43.0 Å². The van der Waals surface area contributed by atoms with E-state index >= 15 is 0 Å². The molecule has 1 amide bonds. The highest BCUT2D eigenvalue weighted by Crippen LogP contribution is 2.27. The number of aromatic nitrogens is 4. The van der Waals surface area contributed by atoms with Gasteiger partial charge in [0.25, 0.3) is 0 Å². The molecule has 6 nitrogen and oxygen atoms in total. The second kappa shape index (κ2) is 6.82. The monoisotopic (exact) mass is 355 g/mol. The summed E-state index contributed by atoms with van der Waals surface area (Å²) in [6.45, 7) is 11.7. The second-order valence-electron chi connectivity index (χ2n) is 8.42. The molecule has 1 saturated heterocycles. The summed E-state index contributed by atoms with van der Waals surface area (Å²) < 4.78 is 1.87. The third-order valence-electron chi connectivity index (χ3n) is 5.18. The van der Waals surface area contributed by atoms with Crippen LogP contribution in [-0.2, 0) is 18.3 Å². The molecule has 0 N–H and O–H groups in total. The average molecular weight is 355 g/mol. The molecule has 3 heterocycles. The van der Waals surface area contributed by atoms with E-state index in [1.807, 2.05) is 63.6 Å². The van der Waals surface area contributed by atoms with Crippen molar-refractivity contribution in [1.29, 1.82) is 0 Å². The molecule has 0 aromatic carbocycles. The zero-order chi connectivity index (χ0) is 19.1. The molecule has 0 unspecified atom stereocenters. The van der Waals surface area contributed by atoms with Crippen molar-refractivity contribution in [3.63, 3.8) is 0 Å². The van der Waals surface area contributed by atoms with Crippen LogP contribution in [0.15, 0.2) is 12.4 Å². The Balaban J connectivity index is 1.66. The Labute approximate surface area is 155 Å². The maximum atomic E-state index is 12.4. The highest BCUT2D eigenvalue weighted by atomic mass is 16.2. The Morgan fingerprint density at radius 3 is 2.50 bits per heavy atom. The number of amides is 1. The molecule has 0 bridgehead atoms. The van der Waals surface area contributed by atoms with E-state index in [0.29, 0.717) is 5.92 Å². The Morgan fingerprint density at radius 2 is 1.96 bits per heavy atom. The van der Waals surface area contributed by atoms with Gasteiger partial charge in [-0.15, -0.1) is 0 Å². The predicted octanol–water partition coefficient (Wildman–Crippen LogP) is 2.93.